The van der Waals surface area contributed by atoms with Crippen molar-refractivity contribution < 1.29 is 13.2 Å². The number of thiophene rings is 1. The molecule has 1 fully saturated rings. The number of halogens is 2. The van der Waals surface area contributed by atoms with Gasteiger partial charge < -0.3 is 0 Å². The Kier molecular flexibility index (Phi) is 8.82. The first-order chi connectivity index (χ1) is 19.7. The minimum absolute atomic E-state index is 0.00953. The molecule has 5 rings (SSSR count). The maximum atomic E-state index is 13.5. The first kappa shape index (κ1) is 29.3. The van der Waals surface area contributed by atoms with E-state index in [2.05, 4.69) is 23.6 Å². The quantitative estimate of drug-likeness (QED) is 0.258. The Bertz CT molecular complexity index is 1730. The van der Waals surface area contributed by atoms with Crippen molar-refractivity contribution in [3.05, 3.63) is 80.8 Å². The van der Waals surface area contributed by atoms with Crippen molar-refractivity contribution in [1.82, 2.24) is 20.2 Å². The molecule has 12 heteroatoms. The van der Waals surface area contributed by atoms with Crippen molar-refractivity contribution in [2.75, 3.05) is 24.6 Å². The van der Waals surface area contributed by atoms with E-state index in [0.717, 1.165) is 38.6 Å². The summed E-state index contributed by atoms with van der Waals surface area (Å²) in [7, 11) is -3.09. The molecule has 1 aliphatic heterocycles. The number of carbonyl (C=O) groups is 1. The predicted molar refractivity (Wildman–Crippen MR) is 163 cm³/mol. The van der Waals surface area contributed by atoms with E-state index in [9.17, 15) is 13.2 Å². The van der Waals surface area contributed by atoms with E-state index in [1.165, 1.54) is 0 Å². The van der Waals surface area contributed by atoms with E-state index in [-0.39, 0.29) is 30.3 Å². The number of aromatic nitrogens is 2. The molecule has 2 aromatic heterocycles. The van der Waals surface area contributed by atoms with Gasteiger partial charge in [-0.2, -0.15) is 10.4 Å². The number of aryl methyl sites for hydroxylation is 1. The Balaban J connectivity index is 1.53. The monoisotopic (exact) mass is 627 g/mol. The molecular weight excluding hydrogens is 601 g/mol. The van der Waals surface area contributed by atoms with Crippen LogP contribution in [-0.2, 0) is 22.7 Å². The molecule has 1 amide bonds. The number of nitrogens with one attached hydrogen (secondary N) is 1. The molecule has 0 unspecified atom stereocenters. The first-order valence-electron chi connectivity index (χ1n) is 13.1. The van der Waals surface area contributed by atoms with Crippen molar-refractivity contribution >= 4 is 50.3 Å². The molecule has 0 spiro atoms. The SMILES string of the molecule is CCc1c(C(=O)NN2CCS(=O)(=O)CC2)nn(-c2ccc(Cl)cc2Cl)c1-c1ccc(-c2ccc(CCC#N)s2)cc1. The summed E-state index contributed by atoms with van der Waals surface area (Å²) >= 11 is 14.4. The second-order valence-electron chi connectivity index (χ2n) is 9.62. The number of hydrazine groups is 1. The largest absolute Gasteiger partial charge is 0.286 e. The van der Waals surface area contributed by atoms with Gasteiger partial charge >= 0.3 is 0 Å². The third-order valence-electron chi connectivity index (χ3n) is 6.88. The van der Waals surface area contributed by atoms with E-state index in [0.29, 0.717) is 28.6 Å². The van der Waals surface area contributed by atoms with Crippen LogP contribution >= 0.6 is 34.5 Å². The highest BCUT2D eigenvalue weighted by atomic mass is 35.5. The molecule has 0 saturated carbocycles. The summed E-state index contributed by atoms with van der Waals surface area (Å²) < 4.78 is 25.4. The molecule has 4 aromatic rings. The van der Waals surface area contributed by atoms with Crippen molar-refractivity contribution in [3.8, 4) is 33.5 Å². The lowest BCUT2D eigenvalue weighted by Gasteiger charge is -2.26. The summed E-state index contributed by atoms with van der Waals surface area (Å²) in [6, 6.07) is 19.5. The number of nitriles is 1. The number of benzene rings is 2. The molecule has 0 radical (unpaired) electrons. The Labute approximate surface area is 253 Å². The van der Waals surface area contributed by atoms with E-state index < -0.39 is 15.7 Å². The van der Waals surface area contributed by atoms with Gasteiger partial charge in [-0.05, 0) is 48.7 Å². The molecule has 0 bridgehead atoms. The molecule has 1 N–H and O–H groups in total. The van der Waals surface area contributed by atoms with Crippen LogP contribution in [0.3, 0.4) is 0 Å². The number of sulfone groups is 1. The average molecular weight is 629 g/mol. The number of nitrogens with zero attached hydrogens (tertiary/aromatic N) is 4. The summed E-state index contributed by atoms with van der Waals surface area (Å²) in [5.41, 5.74) is 7.04. The third kappa shape index (κ3) is 6.50. The second-order valence-corrected chi connectivity index (χ2v) is 13.9. The molecule has 2 aromatic carbocycles. The number of rotatable bonds is 8. The van der Waals surface area contributed by atoms with Gasteiger partial charge in [-0.15, -0.1) is 11.3 Å². The summed E-state index contributed by atoms with van der Waals surface area (Å²) in [5, 5.41) is 16.1. The van der Waals surface area contributed by atoms with Crippen LogP contribution in [0.15, 0.2) is 54.6 Å². The van der Waals surface area contributed by atoms with Crippen molar-refractivity contribution in [2.24, 2.45) is 0 Å². The predicted octanol–water partition coefficient (Wildman–Crippen LogP) is 5.97. The topological polar surface area (TPSA) is 108 Å². The van der Waals surface area contributed by atoms with Crippen LogP contribution < -0.4 is 5.43 Å². The van der Waals surface area contributed by atoms with Crippen molar-refractivity contribution in [3.63, 3.8) is 0 Å². The lowest BCUT2D eigenvalue weighted by atomic mass is 10.0. The number of hydrogen-bond donors (Lipinski definition) is 1. The molecule has 41 heavy (non-hydrogen) atoms. The molecular formula is C29H27Cl2N5O3S2. The highest BCUT2D eigenvalue weighted by molar-refractivity contribution is 7.91. The molecule has 0 aliphatic carbocycles. The molecule has 1 saturated heterocycles. The van der Waals surface area contributed by atoms with Crippen LogP contribution in [0.25, 0.3) is 27.4 Å². The average Bonchev–Trinajstić information content (AvgIpc) is 3.58. The Hall–Kier alpha value is -3.20. The molecule has 3 heterocycles. The first-order valence-corrected chi connectivity index (χ1v) is 16.5. The van der Waals surface area contributed by atoms with Crippen molar-refractivity contribution in [2.45, 2.75) is 26.2 Å². The van der Waals surface area contributed by atoms with Gasteiger partial charge in [-0.3, -0.25) is 10.2 Å². The van der Waals surface area contributed by atoms with Gasteiger partial charge in [-0.25, -0.2) is 18.1 Å². The number of hydrogen-bond acceptors (Lipinski definition) is 7. The Morgan fingerprint density at radius 1 is 1.07 bits per heavy atom. The highest BCUT2D eigenvalue weighted by Crippen LogP contribution is 2.35. The summed E-state index contributed by atoms with van der Waals surface area (Å²) in [6.45, 7) is 2.39. The summed E-state index contributed by atoms with van der Waals surface area (Å²) in [5.74, 6) is -0.430. The van der Waals surface area contributed by atoms with Crippen LogP contribution in [0.1, 0.15) is 34.3 Å². The summed E-state index contributed by atoms with van der Waals surface area (Å²) in [6.07, 6.45) is 1.74. The zero-order valence-electron chi connectivity index (χ0n) is 22.2. The molecule has 0 atom stereocenters. The lowest BCUT2D eigenvalue weighted by molar-refractivity contribution is 0.0795. The van der Waals surface area contributed by atoms with Gasteiger partial charge in [0, 0.05) is 45.4 Å². The number of amides is 1. The van der Waals surface area contributed by atoms with Crippen LogP contribution in [0.2, 0.25) is 10.0 Å². The lowest BCUT2D eigenvalue weighted by Crippen LogP contribution is -2.50. The maximum absolute atomic E-state index is 13.5. The van der Waals surface area contributed by atoms with Gasteiger partial charge in [-0.1, -0.05) is 54.4 Å². The normalized spacial score (nSPS) is 15.0. The maximum Gasteiger partial charge on any atom is 0.286 e. The van der Waals surface area contributed by atoms with E-state index in [1.807, 2.05) is 31.2 Å². The zero-order valence-corrected chi connectivity index (χ0v) is 25.4. The highest BCUT2D eigenvalue weighted by Gasteiger charge is 2.28. The van der Waals surface area contributed by atoms with Gasteiger partial charge in [0.15, 0.2) is 15.5 Å². The molecule has 212 valence electrons. The minimum atomic E-state index is -3.09. The zero-order chi connectivity index (χ0) is 29.1. The fourth-order valence-corrected chi connectivity index (χ4v) is 7.45. The Morgan fingerprint density at radius 3 is 2.44 bits per heavy atom. The van der Waals surface area contributed by atoms with Crippen molar-refractivity contribution in [1.29, 1.82) is 5.26 Å². The molecule has 8 nitrogen and oxygen atoms in total. The van der Waals surface area contributed by atoms with E-state index in [4.69, 9.17) is 33.6 Å². The standard InChI is InChI=1S/C29H27Cl2N5O3S2/c1-2-23-27(29(37)34-35-14-16-41(38,39)17-15-35)33-36(25-11-9-21(30)18-24(25)31)28(23)20-7-5-19(6-8-20)26-12-10-22(40-26)4-3-13-32/h5-12,18H,2-4,14-17H2,1H3,(H,34,37). The van der Waals surface area contributed by atoms with E-state index >= 15 is 0 Å². The Morgan fingerprint density at radius 2 is 1.78 bits per heavy atom. The summed E-state index contributed by atoms with van der Waals surface area (Å²) in [4.78, 5) is 15.8. The number of carbonyl (C=O) groups excluding carboxylic acids is 1. The van der Waals surface area contributed by atoms with Gasteiger partial charge in [0.25, 0.3) is 5.91 Å². The van der Waals surface area contributed by atoms with Crippen LogP contribution in [0, 0.1) is 11.3 Å². The van der Waals surface area contributed by atoms with Gasteiger partial charge in [0.1, 0.15) is 0 Å². The van der Waals surface area contributed by atoms with Gasteiger partial charge in [0.05, 0.1) is 34.0 Å². The fraction of sp³-hybridized carbons (Fsp3) is 0.276. The van der Waals surface area contributed by atoms with Crippen LogP contribution in [0.4, 0.5) is 0 Å². The third-order valence-corrected chi connectivity index (χ3v) is 10.2. The minimum Gasteiger partial charge on any atom is -0.283 e. The fourth-order valence-electron chi connectivity index (χ4n) is 4.75. The molecule has 1 aliphatic rings. The smallest absolute Gasteiger partial charge is 0.283 e. The van der Waals surface area contributed by atoms with E-state index in [1.54, 1.807) is 39.2 Å². The van der Waals surface area contributed by atoms with Crippen LogP contribution in [-0.4, -0.2) is 53.7 Å². The second kappa shape index (κ2) is 12.3. The van der Waals surface area contributed by atoms with Gasteiger partial charge in [0.2, 0.25) is 0 Å². The van der Waals surface area contributed by atoms with Crippen LogP contribution in [0.5, 0.6) is 0 Å².